The van der Waals surface area contributed by atoms with Gasteiger partial charge in [0.1, 0.15) is 5.00 Å². The van der Waals surface area contributed by atoms with Crippen LogP contribution in [0.3, 0.4) is 0 Å². The summed E-state index contributed by atoms with van der Waals surface area (Å²) in [7, 11) is 0. The zero-order valence-corrected chi connectivity index (χ0v) is 19.4. The van der Waals surface area contributed by atoms with E-state index in [1.54, 1.807) is 0 Å². The molecule has 5 heteroatoms. The number of carbonyl (C=O) groups is 2. The van der Waals surface area contributed by atoms with E-state index in [1.165, 1.54) is 21.8 Å². The first-order chi connectivity index (χ1) is 15.6. The molecule has 0 spiro atoms. The zero-order chi connectivity index (χ0) is 22.5. The molecule has 1 aromatic heterocycles. The summed E-state index contributed by atoms with van der Waals surface area (Å²) < 4.78 is 5.37. The number of amides is 1. The molecule has 0 aliphatic heterocycles. The van der Waals surface area contributed by atoms with Crippen molar-refractivity contribution in [1.82, 2.24) is 0 Å². The molecule has 1 N–H and O–H groups in total. The van der Waals surface area contributed by atoms with E-state index in [9.17, 15) is 9.59 Å². The van der Waals surface area contributed by atoms with E-state index in [1.807, 2.05) is 50.2 Å². The van der Waals surface area contributed by atoms with E-state index in [-0.39, 0.29) is 17.8 Å². The molecule has 1 aliphatic rings. The Morgan fingerprint density at radius 3 is 2.41 bits per heavy atom. The van der Waals surface area contributed by atoms with Crippen molar-refractivity contribution in [3.05, 3.63) is 87.8 Å². The first-order valence-corrected chi connectivity index (χ1v) is 12.2. The standard InChI is InChI=1S/C27H29NO3S/c1-3-21(19-13-9-6-10-14-19)25(29)28-26-24(27(30)31-4-2)22-16-15-20(17-23(22)32-26)18-11-7-5-8-12-18/h5-14,20-21H,3-4,15-17H2,1-2H3,(H,28,29)/t20-,21+/m0/s1. The monoisotopic (exact) mass is 447 g/mol. The van der Waals surface area contributed by atoms with Crippen LogP contribution in [0.2, 0.25) is 0 Å². The molecule has 0 unspecified atom stereocenters. The van der Waals surface area contributed by atoms with Gasteiger partial charge in [0, 0.05) is 4.88 Å². The van der Waals surface area contributed by atoms with Crippen LogP contribution in [0.5, 0.6) is 0 Å². The molecule has 1 heterocycles. The van der Waals surface area contributed by atoms with Crippen molar-refractivity contribution >= 4 is 28.2 Å². The maximum atomic E-state index is 13.2. The minimum atomic E-state index is -0.341. The highest BCUT2D eigenvalue weighted by atomic mass is 32.1. The molecule has 1 amide bonds. The van der Waals surface area contributed by atoms with Gasteiger partial charge in [-0.2, -0.15) is 0 Å². The molecule has 0 fully saturated rings. The van der Waals surface area contributed by atoms with E-state index in [0.29, 0.717) is 29.5 Å². The molecule has 2 aromatic carbocycles. The predicted molar refractivity (Wildman–Crippen MR) is 130 cm³/mol. The molecular formula is C27H29NO3S. The Morgan fingerprint density at radius 2 is 1.75 bits per heavy atom. The summed E-state index contributed by atoms with van der Waals surface area (Å²) in [5, 5.41) is 3.72. The first-order valence-electron chi connectivity index (χ1n) is 11.3. The number of benzene rings is 2. The van der Waals surface area contributed by atoms with Gasteiger partial charge in [-0.25, -0.2) is 4.79 Å². The molecule has 0 saturated heterocycles. The van der Waals surface area contributed by atoms with Gasteiger partial charge in [0.25, 0.3) is 0 Å². The molecule has 3 aromatic rings. The van der Waals surface area contributed by atoms with Crippen molar-refractivity contribution in [2.75, 3.05) is 11.9 Å². The number of ether oxygens (including phenoxy) is 1. The lowest BCUT2D eigenvalue weighted by atomic mass is 9.83. The number of hydrogen-bond donors (Lipinski definition) is 1. The molecule has 4 nitrogen and oxygen atoms in total. The van der Waals surface area contributed by atoms with Crippen LogP contribution in [0.4, 0.5) is 5.00 Å². The van der Waals surface area contributed by atoms with Gasteiger partial charge in [-0.1, -0.05) is 67.6 Å². The zero-order valence-electron chi connectivity index (χ0n) is 18.6. The molecule has 0 radical (unpaired) electrons. The largest absolute Gasteiger partial charge is 0.462 e. The maximum Gasteiger partial charge on any atom is 0.341 e. The van der Waals surface area contributed by atoms with E-state index in [2.05, 4.69) is 29.6 Å². The molecule has 0 saturated carbocycles. The Balaban J connectivity index is 1.64. The first kappa shape index (κ1) is 22.3. The minimum absolute atomic E-state index is 0.0811. The quantitative estimate of drug-likeness (QED) is 0.431. The molecule has 166 valence electrons. The number of fused-ring (bicyclic) bond motifs is 1. The number of rotatable bonds is 7. The second-order valence-corrected chi connectivity index (χ2v) is 9.24. The van der Waals surface area contributed by atoms with Crippen molar-refractivity contribution in [3.8, 4) is 0 Å². The SMILES string of the molecule is CCOC(=O)c1c(NC(=O)[C@H](CC)c2ccccc2)sc2c1CC[C@H](c1ccccc1)C2. The third-order valence-electron chi connectivity index (χ3n) is 6.18. The lowest BCUT2D eigenvalue weighted by Gasteiger charge is -2.23. The van der Waals surface area contributed by atoms with Gasteiger partial charge in [-0.05, 0) is 55.2 Å². The van der Waals surface area contributed by atoms with Gasteiger partial charge in [0.15, 0.2) is 0 Å². The highest BCUT2D eigenvalue weighted by Gasteiger charge is 2.31. The fraction of sp³-hybridized carbons (Fsp3) is 0.333. The summed E-state index contributed by atoms with van der Waals surface area (Å²) in [5.74, 6) is -0.259. The number of esters is 1. The molecule has 2 atom stereocenters. The van der Waals surface area contributed by atoms with Gasteiger partial charge in [-0.3, -0.25) is 4.79 Å². The van der Waals surface area contributed by atoms with E-state index in [0.717, 1.165) is 30.4 Å². The molecule has 0 bridgehead atoms. The molecule has 4 rings (SSSR count). The number of carbonyl (C=O) groups excluding carboxylic acids is 2. The van der Waals surface area contributed by atoms with Crippen LogP contribution in [-0.4, -0.2) is 18.5 Å². The number of anilines is 1. The molecular weight excluding hydrogens is 418 g/mol. The summed E-state index contributed by atoms with van der Waals surface area (Å²) in [5.41, 5.74) is 3.90. The predicted octanol–water partition coefficient (Wildman–Crippen LogP) is 6.33. The van der Waals surface area contributed by atoms with Crippen LogP contribution in [0.1, 0.15) is 70.5 Å². The average Bonchev–Trinajstić information content (AvgIpc) is 3.18. The Morgan fingerprint density at radius 1 is 1.06 bits per heavy atom. The fourth-order valence-electron chi connectivity index (χ4n) is 4.56. The lowest BCUT2D eigenvalue weighted by molar-refractivity contribution is -0.117. The average molecular weight is 448 g/mol. The Kier molecular flexibility index (Phi) is 7.05. The number of hydrogen-bond acceptors (Lipinski definition) is 4. The van der Waals surface area contributed by atoms with Crippen LogP contribution < -0.4 is 5.32 Å². The number of thiophene rings is 1. The van der Waals surface area contributed by atoms with Crippen molar-refractivity contribution in [2.24, 2.45) is 0 Å². The van der Waals surface area contributed by atoms with Gasteiger partial charge in [0.2, 0.25) is 5.91 Å². The third kappa shape index (κ3) is 4.63. The second-order valence-electron chi connectivity index (χ2n) is 8.14. The second kappa shape index (κ2) is 10.1. The molecule has 32 heavy (non-hydrogen) atoms. The third-order valence-corrected chi connectivity index (χ3v) is 7.35. The summed E-state index contributed by atoms with van der Waals surface area (Å²) in [4.78, 5) is 27.3. The Bertz CT molecular complexity index is 1080. The summed E-state index contributed by atoms with van der Waals surface area (Å²) in [6, 6.07) is 20.3. The smallest absolute Gasteiger partial charge is 0.341 e. The van der Waals surface area contributed by atoms with Crippen LogP contribution in [-0.2, 0) is 22.4 Å². The highest BCUT2D eigenvalue weighted by Crippen LogP contribution is 2.43. The fourth-order valence-corrected chi connectivity index (χ4v) is 5.88. The van der Waals surface area contributed by atoms with Crippen molar-refractivity contribution in [3.63, 3.8) is 0 Å². The number of nitrogens with one attached hydrogen (secondary N) is 1. The lowest BCUT2D eigenvalue weighted by Crippen LogP contribution is -2.22. The summed E-state index contributed by atoms with van der Waals surface area (Å²) in [6.07, 6.45) is 3.36. The summed E-state index contributed by atoms with van der Waals surface area (Å²) >= 11 is 1.53. The van der Waals surface area contributed by atoms with E-state index >= 15 is 0 Å². The van der Waals surface area contributed by atoms with E-state index < -0.39 is 0 Å². The van der Waals surface area contributed by atoms with Crippen LogP contribution in [0, 0.1) is 0 Å². The maximum absolute atomic E-state index is 13.2. The highest BCUT2D eigenvalue weighted by molar-refractivity contribution is 7.17. The van der Waals surface area contributed by atoms with Gasteiger partial charge >= 0.3 is 5.97 Å². The van der Waals surface area contributed by atoms with Gasteiger partial charge in [0.05, 0.1) is 18.1 Å². The van der Waals surface area contributed by atoms with Crippen LogP contribution in [0.25, 0.3) is 0 Å². The Labute approximate surface area is 193 Å². The Hall–Kier alpha value is -2.92. The topological polar surface area (TPSA) is 55.4 Å². The van der Waals surface area contributed by atoms with Gasteiger partial charge < -0.3 is 10.1 Å². The van der Waals surface area contributed by atoms with Crippen LogP contribution >= 0.6 is 11.3 Å². The van der Waals surface area contributed by atoms with Gasteiger partial charge in [-0.15, -0.1) is 11.3 Å². The normalized spacial score (nSPS) is 16.1. The molecule has 1 aliphatic carbocycles. The minimum Gasteiger partial charge on any atom is -0.462 e. The van der Waals surface area contributed by atoms with Crippen LogP contribution in [0.15, 0.2) is 60.7 Å². The van der Waals surface area contributed by atoms with Crippen molar-refractivity contribution < 1.29 is 14.3 Å². The van der Waals surface area contributed by atoms with E-state index in [4.69, 9.17) is 4.74 Å². The van der Waals surface area contributed by atoms with Crippen molar-refractivity contribution in [1.29, 1.82) is 0 Å². The van der Waals surface area contributed by atoms with Crippen molar-refractivity contribution in [2.45, 2.75) is 51.4 Å². The summed E-state index contributed by atoms with van der Waals surface area (Å²) in [6.45, 7) is 4.13.